The van der Waals surface area contributed by atoms with Gasteiger partial charge in [0.05, 0.1) is 11.9 Å². The number of sulfonamides is 1. The third-order valence-corrected chi connectivity index (χ3v) is 7.55. The van der Waals surface area contributed by atoms with E-state index in [2.05, 4.69) is 26.1 Å². The molecule has 0 aliphatic rings. The number of nitrogens with zero attached hydrogens (tertiary/aromatic N) is 2. The summed E-state index contributed by atoms with van der Waals surface area (Å²) < 4.78 is 26.8. The number of carbonyl (C=O) groups is 2. The zero-order chi connectivity index (χ0) is 27.9. The van der Waals surface area contributed by atoms with E-state index in [9.17, 15) is 18.0 Å². The Labute approximate surface area is 226 Å². The molecule has 0 aromatic heterocycles. The van der Waals surface area contributed by atoms with Crippen LogP contribution in [0.15, 0.2) is 84.9 Å². The standard InChI is InChI=1S/C30H37N3O4S/c1-30(2,3)25-16-18-26(19-17-25)33(38(5,36)37)22-28(34)32(21-24-14-10-7-11-15-24)27(29(35)31-4)20-23-12-8-6-9-13-23/h6-19,27H,20-22H2,1-5H3,(H,31,35). The maximum Gasteiger partial charge on any atom is 0.244 e. The van der Waals surface area contributed by atoms with E-state index in [4.69, 9.17) is 0 Å². The van der Waals surface area contributed by atoms with Crippen molar-refractivity contribution in [3.05, 3.63) is 102 Å². The van der Waals surface area contributed by atoms with Gasteiger partial charge in [-0.25, -0.2) is 8.42 Å². The zero-order valence-electron chi connectivity index (χ0n) is 22.7. The van der Waals surface area contributed by atoms with E-state index in [1.807, 2.05) is 72.8 Å². The second-order valence-electron chi connectivity index (χ2n) is 10.4. The number of nitrogens with one attached hydrogen (secondary N) is 1. The molecule has 3 rings (SSSR count). The number of carbonyl (C=O) groups excluding carboxylic acids is 2. The molecule has 0 bridgehead atoms. The first-order valence-electron chi connectivity index (χ1n) is 12.6. The van der Waals surface area contributed by atoms with Crippen molar-refractivity contribution in [1.29, 1.82) is 0 Å². The van der Waals surface area contributed by atoms with Crippen LogP contribution in [-0.4, -0.2) is 51.0 Å². The zero-order valence-corrected chi connectivity index (χ0v) is 23.5. The van der Waals surface area contributed by atoms with E-state index in [0.29, 0.717) is 5.69 Å². The van der Waals surface area contributed by atoms with Crippen molar-refractivity contribution in [3.8, 4) is 0 Å². The molecule has 0 heterocycles. The average Bonchev–Trinajstić information content (AvgIpc) is 2.89. The van der Waals surface area contributed by atoms with Gasteiger partial charge in [0, 0.05) is 20.0 Å². The van der Waals surface area contributed by atoms with Crippen molar-refractivity contribution in [2.75, 3.05) is 24.2 Å². The molecule has 2 amide bonds. The molecule has 202 valence electrons. The van der Waals surface area contributed by atoms with Crippen LogP contribution in [0.25, 0.3) is 0 Å². The van der Waals surface area contributed by atoms with Crippen LogP contribution in [0.1, 0.15) is 37.5 Å². The van der Waals surface area contributed by atoms with Gasteiger partial charge in [-0.3, -0.25) is 13.9 Å². The topological polar surface area (TPSA) is 86.8 Å². The summed E-state index contributed by atoms with van der Waals surface area (Å²) in [6.45, 7) is 5.96. The van der Waals surface area contributed by atoms with Gasteiger partial charge in [0.15, 0.2) is 0 Å². The molecular weight excluding hydrogens is 498 g/mol. The molecule has 1 atom stereocenters. The van der Waals surface area contributed by atoms with Crippen LogP contribution in [-0.2, 0) is 38.0 Å². The molecule has 7 nitrogen and oxygen atoms in total. The van der Waals surface area contributed by atoms with Crippen LogP contribution in [0.5, 0.6) is 0 Å². The van der Waals surface area contributed by atoms with E-state index in [1.165, 1.54) is 11.9 Å². The highest BCUT2D eigenvalue weighted by Crippen LogP contribution is 2.26. The Hall–Kier alpha value is -3.65. The number of anilines is 1. The first-order chi connectivity index (χ1) is 17.9. The normalized spacial score (nSPS) is 12.4. The molecule has 1 N–H and O–H groups in total. The highest BCUT2D eigenvalue weighted by atomic mass is 32.2. The molecule has 38 heavy (non-hydrogen) atoms. The highest BCUT2D eigenvalue weighted by molar-refractivity contribution is 7.92. The van der Waals surface area contributed by atoms with Crippen molar-refractivity contribution < 1.29 is 18.0 Å². The number of rotatable bonds is 10. The third-order valence-electron chi connectivity index (χ3n) is 6.41. The third kappa shape index (κ3) is 7.68. The number of hydrogen-bond acceptors (Lipinski definition) is 4. The van der Waals surface area contributed by atoms with Gasteiger partial charge in [0.2, 0.25) is 21.8 Å². The molecular formula is C30H37N3O4S. The van der Waals surface area contributed by atoms with Crippen molar-refractivity contribution in [1.82, 2.24) is 10.2 Å². The molecule has 0 radical (unpaired) electrons. The van der Waals surface area contributed by atoms with Crippen molar-refractivity contribution in [2.45, 2.75) is 45.2 Å². The van der Waals surface area contributed by atoms with Crippen molar-refractivity contribution >= 4 is 27.5 Å². The minimum Gasteiger partial charge on any atom is -0.357 e. The number of amides is 2. The average molecular weight is 536 g/mol. The molecule has 1 unspecified atom stereocenters. The van der Waals surface area contributed by atoms with Crippen molar-refractivity contribution in [3.63, 3.8) is 0 Å². The number of likely N-dealkylation sites (N-methyl/N-ethyl adjacent to an activating group) is 1. The molecule has 0 spiro atoms. The first kappa shape index (κ1) is 28.9. The van der Waals surface area contributed by atoms with Crippen LogP contribution in [0.3, 0.4) is 0 Å². The van der Waals surface area contributed by atoms with Gasteiger partial charge in [0.1, 0.15) is 12.6 Å². The van der Waals surface area contributed by atoms with Crippen LogP contribution in [0.4, 0.5) is 5.69 Å². The van der Waals surface area contributed by atoms with E-state index in [1.54, 1.807) is 12.1 Å². The highest BCUT2D eigenvalue weighted by Gasteiger charge is 2.32. The van der Waals surface area contributed by atoms with Crippen LogP contribution in [0.2, 0.25) is 0 Å². The molecule has 0 aliphatic carbocycles. The Bertz CT molecular complexity index is 1320. The van der Waals surface area contributed by atoms with Crippen LogP contribution >= 0.6 is 0 Å². The summed E-state index contributed by atoms with van der Waals surface area (Å²) >= 11 is 0. The summed E-state index contributed by atoms with van der Waals surface area (Å²) in [4.78, 5) is 28.5. The van der Waals surface area contributed by atoms with E-state index in [-0.39, 0.29) is 24.3 Å². The van der Waals surface area contributed by atoms with E-state index < -0.39 is 28.5 Å². The lowest BCUT2D eigenvalue weighted by Gasteiger charge is -2.33. The maximum absolute atomic E-state index is 13.9. The monoisotopic (exact) mass is 535 g/mol. The minimum absolute atomic E-state index is 0.102. The molecule has 3 aromatic carbocycles. The van der Waals surface area contributed by atoms with E-state index >= 15 is 0 Å². The first-order valence-corrected chi connectivity index (χ1v) is 14.4. The van der Waals surface area contributed by atoms with E-state index in [0.717, 1.165) is 27.3 Å². The van der Waals surface area contributed by atoms with Gasteiger partial charge in [-0.15, -0.1) is 0 Å². The maximum atomic E-state index is 13.9. The summed E-state index contributed by atoms with van der Waals surface area (Å²) in [6.07, 6.45) is 1.37. The Balaban J connectivity index is 2.00. The number of hydrogen-bond donors (Lipinski definition) is 1. The van der Waals surface area contributed by atoms with Gasteiger partial charge in [-0.2, -0.15) is 0 Å². The van der Waals surface area contributed by atoms with Gasteiger partial charge in [-0.1, -0.05) is 93.6 Å². The Morgan fingerprint density at radius 2 is 1.37 bits per heavy atom. The fourth-order valence-corrected chi connectivity index (χ4v) is 5.09. The SMILES string of the molecule is CNC(=O)C(Cc1ccccc1)N(Cc1ccccc1)C(=O)CN(c1ccc(C(C)(C)C)cc1)S(C)(=O)=O. The van der Waals surface area contributed by atoms with Gasteiger partial charge in [0.25, 0.3) is 0 Å². The predicted octanol–water partition coefficient (Wildman–Crippen LogP) is 4.14. The Kier molecular flexibility index (Phi) is 9.33. The quantitative estimate of drug-likeness (QED) is 0.423. The number of benzene rings is 3. The molecule has 0 saturated carbocycles. The molecule has 0 fully saturated rings. The summed E-state index contributed by atoms with van der Waals surface area (Å²) in [5.74, 6) is -0.790. The fraction of sp³-hybridized carbons (Fsp3) is 0.333. The summed E-state index contributed by atoms with van der Waals surface area (Å²) in [7, 11) is -2.26. The van der Waals surface area contributed by atoms with Gasteiger partial charge in [-0.05, 0) is 34.2 Å². The largest absolute Gasteiger partial charge is 0.357 e. The molecule has 0 saturated heterocycles. The van der Waals surface area contributed by atoms with Gasteiger partial charge >= 0.3 is 0 Å². The van der Waals surface area contributed by atoms with Crippen LogP contribution in [0, 0.1) is 0 Å². The summed E-state index contributed by atoms with van der Waals surface area (Å²) in [5, 5.41) is 2.68. The lowest BCUT2D eigenvalue weighted by Crippen LogP contribution is -2.52. The second-order valence-corrected chi connectivity index (χ2v) is 12.3. The minimum atomic E-state index is -3.79. The summed E-state index contributed by atoms with van der Waals surface area (Å²) in [6, 6.07) is 25.2. The fourth-order valence-electron chi connectivity index (χ4n) is 4.24. The predicted molar refractivity (Wildman–Crippen MR) is 152 cm³/mol. The lowest BCUT2D eigenvalue weighted by atomic mass is 9.87. The molecule has 8 heteroatoms. The van der Waals surface area contributed by atoms with Gasteiger partial charge < -0.3 is 10.2 Å². The van der Waals surface area contributed by atoms with Crippen molar-refractivity contribution in [2.24, 2.45) is 0 Å². The Morgan fingerprint density at radius 1 is 0.842 bits per heavy atom. The lowest BCUT2D eigenvalue weighted by molar-refractivity contribution is -0.139. The molecule has 3 aromatic rings. The molecule has 0 aliphatic heterocycles. The summed E-state index contributed by atoms with van der Waals surface area (Å²) in [5.41, 5.74) is 3.07. The Morgan fingerprint density at radius 3 is 1.84 bits per heavy atom. The van der Waals surface area contributed by atoms with Crippen LogP contribution < -0.4 is 9.62 Å². The second kappa shape index (κ2) is 12.3. The smallest absolute Gasteiger partial charge is 0.244 e.